The van der Waals surface area contributed by atoms with Crippen molar-refractivity contribution >= 4 is 23.0 Å². The largest absolute Gasteiger partial charge is 0.496 e. The highest BCUT2D eigenvalue weighted by Crippen LogP contribution is 2.31. The third kappa shape index (κ3) is 4.35. The van der Waals surface area contributed by atoms with Gasteiger partial charge in [-0.15, -0.1) is 0 Å². The zero-order valence-electron chi connectivity index (χ0n) is 16.0. The van der Waals surface area contributed by atoms with Crippen molar-refractivity contribution in [2.24, 2.45) is 0 Å². The fourth-order valence-corrected chi connectivity index (χ4v) is 2.75. The van der Waals surface area contributed by atoms with Gasteiger partial charge in [-0.2, -0.15) is 0 Å². The van der Waals surface area contributed by atoms with Crippen LogP contribution in [0, 0.1) is 0 Å². The monoisotopic (exact) mass is 378 g/mol. The molecule has 0 unspecified atom stereocenters. The summed E-state index contributed by atoms with van der Waals surface area (Å²) in [5, 5.41) is 6.17. The molecule has 0 aliphatic heterocycles. The molecule has 3 aromatic rings. The van der Waals surface area contributed by atoms with Crippen LogP contribution in [0.25, 0.3) is 0 Å². The second kappa shape index (κ2) is 8.81. The average Bonchev–Trinajstić information content (AvgIpc) is 2.74. The van der Waals surface area contributed by atoms with Crippen molar-refractivity contribution in [1.82, 2.24) is 0 Å². The number of carbonyl (C=O) groups is 1. The van der Waals surface area contributed by atoms with E-state index in [0.29, 0.717) is 28.5 Å². The number of hydrogen-bond donors (Lipinski definition) is 2. The molecule has 0 aliphatic rings. The smallest absolute Gasteiger partial charge is 0.259 e. The normalized spacial score (nSPS) is 10.1. The highest BCUT2D eigenvalue weighted by atomic mass is 16.5. The highest BCUT2D eigenvalue weighted by molar-refractivity contribution is 6.06. The molecule has 0 aliphatic carbocycles. The lowest BCUT2D eigenvalue weighted by Gasteiger charge is -2.12. The number of nitrogens with one attached hydrogen (secondary N) is 2. The Morgan fingerprint density at radius 1 is 0.679 bits per heavy atom. The van der Waals surface area contributed by atoms with Crippen molar-refractivity contribution in [1.29, 1.82) is 0 Å². The van der Waals surface area contributed by atoms with E-state index in [0.717, 1.165) is 11.4 Å². The second-order valence-corrected chi connectivity index (χ2v) is 5.93. The van der Waals surface area contributed by atoms with E-state index in [1.54, 1.807) is 39.5 Å². The van der Waals surface area contributed by atoms with E-state index in [2.05, 4.69) is 10.6 Å². The van der Waals surface area contributed by atoms with Gasteiger partial charge < -0.3 is 24.8 Å². The van der Waals surface area contributed by atoms with Gasteiger partial charge in [-0.3, -0.25) is 4.79 Å². The lowest BCUT2D eigenvalue weighted by Crippen LogP contribution is -2.13. The average molecular weight is 378 g/mol. The predicted octanol–water partition coefficient (Wildman–Crippen LogP) is 4.71. The summed E-state index contributed by atoms with van der Waals surface area (Å²) in [5.74, 6) is 1.63. The van der Waals surface area contributed by atoms with Gasteiger partial charge in [-0.25, -0.2) is 0 Å². The van der Waals surface area contributed by atoms with E-state index in [9.17, 15) is 4.79 Å². The van der Waals surface area contributed by atoms with E-state index in [-0.39, 0.29) is 5.91 Å². The lowest BCUT2D eigenvalue weighted by atomic mass is 10.2. The first-order chi connectivity index (χ1) is 13.6. The maximum Gasteiger partial charge on any atom is 0.259 e. The van der Waals surface area contributed by atoms with E-state index in [4.69, 9.17) is 14.2 Å². The molecule has 144 valence electrons. The maximum absolute atomic E-state index is 12.5. The fraction of sp³-hybridized carbons (Fsp3) is 0.136. The van der Waals surface area contributed by atoms with Crippen LogP contribution in [-0.4, -0.2) is 27.2 Å². The Hall–Kier alpha value is -3.67. The Kier molecular flexibility index (Phi) is 6.01. The topological polar surface area (TPSA) is 68.8 Å². The molecule has 0 atom stereocenters. The Balaban J connectivity index is 1.69. The van der Waals surface area contributed by atoms with Crippen molar-refractivity contribution in [3.63, 3.8) is 0 Å². The van der Waals surface area contributed by atoms with Crippen LogP contribution in [0.15, 0.2) is 66.7 Å². The van der Waals surface area contributed by atoms with Gasteiger partial charge in [0.2, 0.25) is 0 Å². The zero-order chi connectivity index (χ0) is 19.9. The number of para-hydroxylation sites is 1. The van der Waals surface area contributed by atoms with Crippen LogP contribution in [-0.2, 0) is 0 Å². The molecule has 28 heavy (non-hydrogen) atoms. The molecule has 0 aromatic heterocycles. The number of benzene rings is 3. The van der Waals surface area contributed by atoms with Gasteiger partial charge >= 0.3 is 0 Å². The van der Waals surface area contributed by atoms with Gasteiger partial charge in [0.05, 0.1) is 26.9 Å². The molecule has 3 rings (SSSR count). The molecule has 1 amide bonds. The summed E-state index contributed by atoms with van der Waals surface area (Å²) in [7, 11) is 4.74. The third-order valence-corrected chi connectivity index (χ3v) is 4.17. The SMILES string of the molecule is COc1ccc(Nc2ccc(NC(=O)c3ccccc3OC)cc2)cc1OC. The first-order valence-electron chi connectivity index (χ1n) is 8.68. The number of amides is 1. The number of methoxy groups -OCH3 is 3. The van der Waals surface area contributed by atoms with Crippen LogP contribution < -0.4 is 24.8 Å². The van der Waals surface area contributed by atoms with Crippen molar-refractivity contribution < 1.29 is 19.0 Å². The highest BCUT2D eigenvalue weighted by Gasteiger charge is 2.11. The van der Waals surface area contributed by atoms with Gasteiger partial charge in [0.1, 0.15) is 5.75 Å². The molecule has 0 bridgehead atoms. The summed E-state index contributed by atoms with van der Waals surface area (Å²) >= 11 is 0. The summed E-state index contributed by atoms with van der Waals surface area (Å²) in [6.07, 6.45) is 0. The molecule has 0 radical (unpaired) electrons. The lowest BCUT2D eigenvalue weighted by molar-refractivity contribution is 0.102. The van der Waals surface area contributed by atoms with Crippen LogP contribution in [0.2, 0.25) is 0 Å². The standard InChI is InChI=1S/C22H22N2O4/c1-26-19-7-5-4-6-18(19)22(25)24-16-10-8-15(9-11-16)23-17-12-13-20(27-2)21(14-17)28-3/h4-14,23H,1-3H3,(H,24,25). The number of ether oxygens (including phenoxy) is 3. The van der Waals surface area contributed by atoms with Crippen LogP contribution in [0.3, 0.4) is 0 Å². The summed E-state index contributed by atoms with van der Waals surface area (Å²) in [6, 6.07) is 20.1. The van der Waals surface area contributed by atoms with Crippen LogP contribution in [0.1, 0.15) is 10.4 Å². The molecule has 3 aromatic carbocycles. The Labute approximate surface area is 164 Å². The van der Waals surface area contributed by atoms with E-state index < -0.39 is 0 Å². The molecule has 0 heterocycles. The van der Waals surface area contributed by atoms with Gasteiger partial charge in [0.25, 0.3) is 5.91 Å². The second-order valence-electron chi connectivity index (χ2n) is 5.93. The Morgan fingerprint density at radius 3 is 1.96 bits per heavy atom. The van der Waals surface area contributed by atoms with Crippen molar-refractivity contribution in [2.45, 2.75) is 0 Å². The summed E-state index contributed by atoms with van der Waals surface area (Å²) in [4.78, 5) is 12.5. The fourth-order valence-electron chi connectivity index (χ4n) is 2.75. The third-order valence-electron chi connectivity index (χ3n) is 4.17. The van der Waals surface area contributed by atoms with Gasteiger partial charge in [-0.1, -0.05) is 12.1 Å². The van der Waals surface area contributed by atoms with Crippen molar-refractivity contribution in [3.05, 3.63) is 72.3 Å². The minimum Gasteiger partial charge on any atom is -0.496 e. The number of rotatable bonds is 7. The summed E-state index contributed by atoms with van der Waals surface area (Å²) in [6.45, 7) is 0. The van der Waals surface area contributed by atoms with E-state index in [1.807, 2.05) is 48.5 Å². The summed E-state index contributed by atoms with van der Waals surface area (Å²) < 4.78 is 15.8. The summed E-state index contributed by atoms with van der Waals surface area (Å²) in [5.41, 5.74) is 2.91. The van der Waals surface area contributed by atoms with Crippen LogP contribution in [0.5, 0.6) is 17.2 Å². The van der Waals surface area contributed by atoms with Crippen LogP contribution in [0.4, 0.5) is 17.1 Å². The molecule has 0 saturated heterocycles. The molecule has 6 nitrogen and oxygen atoms in total. The molecule has 2 N–H and O–H groups in total. The Bertz CT molecular complexity index is 955. The first-order valence-corrected chi connectivity index (χ1v) is 8.68. The van der Waals surface area contributed by atoms with Crippen LogP contribution >= 0.6 is 0 Å². The molecule has 0 spiro atoms. The zero-order valence-corrected chi connectivity index (χ0v) is 16.0. The van der Waals surface area contributed by atoms with Gasteiger partial charge in [0.15, 0.2) is 11.5 Å². The number of carbonyl (C=O) groups excluding carboxylic acids is 1. The molecular formula is C22H22N2O4. The first kappa shape index (κ1) is 19.1. The van der Waals surface area contributed by atoms with Crippen molar-refractivity contribution in [3.8, 4) is 17.2 Å². The predicted molar refractivity (Wildman–Crippen MR) is 110 cm³/mol. The molecule has 0 saturated carbocycles. The number of hydrogen-bond acceptors (Lipinski definition) is 5. The Morgan fingerprint density at radius 2 is 1.29 bits per heavy atom. The van der Waals surface area contributed by atoms with E-state index in [1.165, 1.54) is 0 Å². The van der Waals surface area contributed by atoms with Gasteiger partial charge in [-0.05, 0) is 48.5 Å². The quantitative estimate of drug-likeness (QED) is 0.623. The van der Waals surface area contributed by atoms with Gasteiger partial charge in [0, 0.05) is 23.1 Å². The molecule has 6 heteroatoms. The maximum atomic E-state index is 12.5. The van der Waals surface area contributed by atoms with Crippen molar-refractivity contribution in [2.75, 3.05) is 32.0 Å². The minimum absolute atomic E-state index is 0.224. The minimum atomic E-state index is -0.224. The van der Waals surface area contributed by atoms with E-state index >= 15 is 0 Å². The molecular weight excluding hydrogens is 356 g/mol. The molecule has 0 fully saturated rings. The number of anilines is 3.